The Morgan fingerprint density at radius 2 is 1.08 bits per heavy atom. The third-order valence-electron chi connectivity index (χ3n) is 2.26. The van der Waals surface area contributed by atoms with Gasteiger partial charge in [-0.3, -0.25) is 0 Å². The summed E-state index contributed by atoms with van der Waals surface area (Å²) in [4.78, 5) is 0. The number of hydrogen-bond acceptors (Lipinski definition) is 1. The molecule has 0 unspecified atom stereocenters. The SMILES string of the molecule is CCCCCCCCCCCS.[NaH]. The van der Waals surface area contributed by atoms with E-state index in [9.17, 15) is 0 Å². The van der Waals surface area contributed by atoms with Gasteiger partial charge in [-0.05, 0) is 12.2 Å². The fraction of sp³-hybridized carbons (Fsp3) is 1.00. The zero-order valence-electron chi connectivity index (χ0n) is 8.52. The maximum absolute atomic E-state index is 4.19. The van der Waals surface area contributed by atoms with Crippen LogP contribution in [0.25, 0.3) is 0 Å². The zero-order valence-corrected chi connectivity index (χ0v) is 9.41. The Labute approximate surface area is 112 Å². The van der Waals surface area contributed by atoms with Gasteiger partial charge in [0.25, 0.3) is 0 Å². The van der Waals surface area contributed by atoms with Gasteiger partial charge in [-0.1, -0.05) is 58.3 Å². The molecular formula is C11H25NaS. The average molecular weight is 212 g/mol. The summed E-state index contributed by atoms with van der Waals surface area (Å²) in [6.45, 7) is 2.27. The number of rotatable bonds is 9. The third kappa shape index (κ3) is 16.1. The van der Waals surface area contributed by atoms with Crippen molar-refractivity contribution in [3.63, 3.8) is 0 Å². The molecule has 0 spiro atoms. The van der Waals surface area contributed by atoms with Crippen molar-refractivity contribution in [2.45, 2.75) is 64.7 Å². The molecule has 0 aliphatic heterocycles. The van der Waals surface area contributed by atoms with Gasteiger partial charge in [0.2, 0.25) is 0 Å². The van der Waals surface area contributed by atoms with E-state index in [4.69, 9.17) is 0 Å². The summed E-state index contributed by atoms with van der Waals surface area (Å²) >= 11 is 4.19. The molecule has 0 nitrogen and oxygen atoms in total. The van der Waals surface area contributed by atoms with Crippen LogP contribution in [0.4, 0.5) is 0 Å². The van der Waals surface area contributed by atoms with Gasteiger partial charge in [0.15, 0.2) is 0 Å². The van der Waals surface area contributed by atoms with E-state index in [-0.39, 0.29) is 29.6 Å². The molecule has 0 aliphatic carbocycles. The minimum atomic E-state index is 0. The standard InChI is InChI=1S/C11H24S.Na.H/c1-2-3-4-5-6-7-8-9-10-11-12;;/h12H,2-11H2,1H3;;. The van der Waals surface area contributed by atoms with Crippen molar-refractivity contribution in [1.29, 1.82) is 0 Å². The summed E-state index contributed by atoms with van der Waals surface area (Å²) in [6, 6.07) is 0. The van der Waals surface area contributed by atoms with Gasteiger partial charge in [0.1, 0.15) is 0 Å². The second kappa shape index (κ2) is 15.8. The molecular weight excluding hydrogens is 187 g/mol. The molecule has 0 bridgehead atoms. The topological polar surface area (TPSA) is 0 Å². The Morgan fingerprint density at radius 3 is 1.46 bits per heavy atom. The van der Waals surface area contributed by atoms with Crippen LogP contribution in [-0.2, 0) is 0 Å². The van der Waals surface area contributed by atoms with E-state index in [1.54, 1.807) is 0 Å². The molecule has 0 N–H and O–H groups in total. The molecule has 13 heavy (non-hydrogen) atoms. The average Bonchev–Trinajstić information content (AvgIpc) is 2.10. The van der Waals surface area contributed by atoms with Crippen molar-refractivity contribution in [2.24, 2.45) is 0 Å². The fourth-order valence-corrected chi connectivity index (χ4v) is 1.65. The van der Waals surface area contributed by atoms with Crippen molar-refractivity contribution in [2.75, 3.05) is 5.75 Å². The summed E-state index contributed by atoms with van der Waals surface area (Å²) in [6.07, 6.45) is 12.7. The molecule has 2 heteroatoms. The summed E-state index contributed by atoms with van der Waals surface area (Å²) in [5, 5.41) is 0. The molecule has 0 saturated carbocycles. The number of unbranched alkanes of at least 4 members (excludes halogenated alkanes) is 8. The summed E-state index contributed by atoms with van der Waals surface area (Å²) in [5.74, 6) is 1.07. The first-order valence-corrected chi connectivity index (χ1v) is 6.16. The van der Waals surface area contributed by atoms with Crippen LogP contribution in [0, 0.1) is 0 Å². The predicted octanol–water partition coefficient (Wildman–Crippen LogP) is 3.80. The van der Waals surface area contributed by atoms with E-state index in [1.165, 1.54) is 57.8 Å². The van der Waals surface area contributed by atoms with Crippen molar-refractivity contribution < 1.29 is 0 Å². The summed E-state index contributed by atoms with van der Waals surface area (Å²) < 4.78 is 0. The Hall–Kier alpha value is 1.35. The molecule has 0 radical (unpaired) electrons. The van der Waals surface area contributed by atoms with Crippen molar-refractivity contribution in [3.05, 3.63) is 0 Å². The number of hydrogen-bond donors (Lipinski definition) is 1. The Bertz CT molecular complexity index is 66.5. The van der Waals surface area contributed by atoms with Gasteiger partial charge < -0.3 is 0 Å². The van der Waals surface area contributed by atoms with Crippen LogP contribution in [0.2, 0.25) is 0 Å². The zero-order chi connectivity index (χ0) is 9.07. The second-order valence-electron chi connectivity index (χ2n) is 3.55. The van der Waals surface area contributed by atoms with Crippen LogP contribution in [0.3, 0.4) is 0 Å². The van der Waals surface area contributed by atoms with Crippen molar-refractivity contribution in [1.82, 2.24) is 0 Å². The minimum absolute atomic E-state index is 0. The van der Waals surface area contributed by atoms with Gasteiger partial charge in [-0.25, -0.2) is 0 Å². The van der Waals surface area contributed by atoms with Crippen molar-refractivity contribution in [3.8, 4) is 0 Å². The molecule has 76 valence electrons. The van der Waals surface area contributed by atoms with E-state index >= 15 is 0 Å². The normalized spacial score (nSPS) is 9.69. The van der Waals surface area contributed by atoms with Crippen LogP contribution < -0.4 is 0 Å². The Morgan fingerprint density at radius 1 is 0.692 bits per heavy atom. The van der Waals surface area contributed by atoms with Crippen LogP contribution in [0.15, 0.2) is 0 Å². The quantitative estimate of drug-likeness (QED) is 0.335. The molecule has 0 fully saturated rings. The maximum atomic E-state index is 4.19. The third-order valence-corrected chi connectivity index (χ3v) is 2.58. The molecule has 0 rings (SSSR count). The first-order valence-electron chi connectivity index (χ1n) is 5.52. The molecule has 0 aromatic rings. The van der Waals surface area contributed by atoms with Crippen LogP contribution >= 0.6 is 12.6 Å². The van der Waals surface area contributed by atoms with Crippen LogP contribution in [0.5, 0.6) is 0 Å². The van der Waals surface area contributed by atoms with E-state index in [0.717, 1.165) is 5.75 Å². The molecule has 0 atom stereocenters. The van der Waals surface area contributed by atoms with Gasteiger partial charge in [0, 0.05) is 0 Å². The van der Waals surface area contributed by atoms with E-state index in [2.05, 4.69) is 19.6 Å². The van der Waals surface area contributed by atoms with Gasteiger partial charge in [-0.2, -0.15) is 12.6 Å². The first-order chi connectivity index (χ1) is 5.91. The fourth-order valence-electron chi connectivity index (χ4n) is 1.42. The first kappa shape index (κ1) is 16.8. The molecule has 0 heterocycles. The molecule has 0 aromatic heterocycles. The van der Waals surface area contributed by atoms with Crippen LogP contribution in [-0.4, -0.2) is 35.3 Å². The van der Waals surface area contributed by atoms with E-state index in [1.807, 2.05) is 0 Å². The van der Waals surface area contributed by atoms with E-state index in [0.29, 0.717) is 0 Å². The van der Waals surface area contributed by atoms with Gasteiger partial charge in [-0.15, -0.1) is 0 Å². The molecule has 0 aliphatic rings. The monoisotopic (exact) mass is 212 g/mol. The summed E-state index contributed by atoms with van der Waals surface area (Å²) in [5.41, 5.74) is 0. The Kier molecular flexibility index (Phi) is 20.4. The summed E-state index contributed by atoms with van der Waals surface area (Å²) in [7, 11) is 0. The molecule has 0 saturated heterocycles. The van der Waals surface area contributed by atoms with Crippen molar-refractivity contribution >= 4 is 42.2 Å². The predicted molar refractivity (Wildman–Crippen MR) is 68.2 cm³/mol. The Balaban J connectivity index is 0. The van der Waals surface area contributed by atoms with Crippen LogP contribution in [0.1, 0.15) is 64.7 Å². The van der Waals surface area contributed by atoms with Gasteiger partial charge >= 0.3 is 29.6 Å². The number of thiol groups is 1. The second-order valence-corrected chi connectivity index (χ2v) is 4.00. The van der Waals surface area contributed by atoms with E-state index < -0.39 is 0 Å². The molecule has 0 amide bonds. The van der Waals surface area contributed by atoms with Gasteiger partial charge in [0.05, 0.1) is 0 Å². The molecule has 0 aromatic carbocycles.